The van der Waals surface area contributed by atoms with Crippen LogP contribution in [0.4, 0.5) is 5.69 Å². The Morgan fingerprint density at radius 2 is 1.68 bits per heavy atom. The summed E-state index contributed by atoms with van der Waals surface area (Å²) in [5, 5.41) is 9.97. The average Bonchev–Trinajstić information content (AvgIpc) is 3.22. The molecule has 2 aliphatic rings. The summed E-state index contributed by atoms with van der Waals surface area (Å²) < 4.78 is 12.0. The standard InChI is InChI=1S/C24H29NO4S2/c1-16-7-9-18(10-8-16)23(26)25(19-11-13-31(29)14-12-19)20-15-21(30-22(20)24(27)28)17-5-3-2-4-6-17/h2-6,15-16,18-19H,7-14H2,1H3,(H,27,28). The van der Waals surface area contributed by atoms with Crippen LogP contribution in [0.25, 0.3) is 10.4 Å². The van der Waals surface area contributed by atoms with Crippen LogP contribution in [-0.4, -0.2) is 38.7 Å². The Morgan fingerprint density at radius 1 is 1.03 bits per heavy atom. The molecule has 1 aliphatic carbocycles. The van der Waals surface area contributed by atoms with E-state index in [1.54, 1.807) is 4.90 Å². The summed E-state index contributed by atoms with van der Waals surface area (Å²) in [6, 6.07) is 11.5. The Morgan fingerprint density at radius 3 is 2.29 bits per heavy atom. The zero-order valence-corrected chi connectivity index (χ0v) is 19.4. The minimum atomic E-state index is -1.00. The van der Waals surface area contributed by atoms with Gasteiger partial charge in [-0.1, -0.05) is 37.3 Å². The first kappa shape index (κ1) is 22.2. The molecule has 1 aromatic carbocycles. The van der Waals surface area contributed by atoms with Crippen LogP contribution in [0.1, 0.15) is 55.1 Å². The van der Waals surface area contributed by atoms with Crippen molar-refractivity contribution in [3.05, 3.63) is 41.3 Å². The van der Waals surface area contributed by atoms with Gasteiger partial charge in [-0.2, -0.15) is 0 Å². The fourth-order valence-electron chi connectivity index (χ4n) is 4.70. The second kappa shape index (κ2) is 9.65. The van der Waals surface area contributed by atoms with Gasteiger partial charge in [-0.3, -0.25) is 9.00 Å². The first-order valence-corrected chi connectivity index (χ1v) is 13.3. The first-order chi connectivity index (χ1) is 14.9. The lowest BCUT2D eigenvalue weighted by atomic mass is 9.82. The maximum absolute atomic E-state index is 13.8. The van der Waals surface area contributed by atoms with Crippen LogP contribution in [0.3, 0.4) is 0 Å². The van der Waals surface area contributed by atoms with Gasteiger partial charge in [0.1, 0.15) is 4.88 Å². The highest BCUT2D eigenvalue weighted by atomic mass is 32.2. The van der Waals surface area contributed by atoms with Crippen molar-refractivity contribution in [2.24, 2.45) is 11.8 Å². The summed E-state index contributed by atoms with van der Waals surface area (Å²) in [5.41, 5.74) is 1.46. The van der Waals surface area contributed by atoms with E-state index in [4.69, 9.17) is 0 Å². The van der Waals surface area contributed by atoms with E-state index >= 15 is 0 Å². The van der Waals surface area contributed by atoms with Gasteiger partial charge in [0.2, 0.25) is 5.91 Å². The number of hydrogen-bond acceptors (Lipinski definition) is 4. The van der Waals surface area contributed by atoms with Gasteiger partial charge in [0.05, 0.1) is 5.69 Å². The van der Waals surface area contributed by atoms with Gasteiger partial charge in [-0.15, -0.1) is 11.3 Å². The van der Waals surface area contributed by atoms with Crippen LogP contribution in [0.2, 0.25) is 0 Å². The van der Waals surface area contributed by atoms with E-state index in [1.807, 2.05) is 36.4 Å². The molecular formula is C24H29NO4S2. The lowest BCUT2D eigenvalue weighted by Gasteiger charge is -2.37. The van der Waals surface area contributed by atoms with E-state index < -0.39 is 16.8 Å². The molecule has 1 saturated heterocycles. The molecule has 1 aliphatic heterocycles. The third-order valence-electron chi connectivity index (χ3n) is 6.55. The second-order valence-corrected chi connectivity index (χ2v) is 11.5. The van der Waals surface area contributed by atoms with Crippen molar-refractivity contribution < 1.29 is 18.9 Å². The molecule has 5 nitrogen and oxygen atoms in total. The molecule has 1 N–H and O–H groups in total. The smallest absolute Gasteiger partial charge is 0.348 e. The molecule has 2 aromatic rings. The molecule has 0 bridgehead atoms. The number of carbonyl (C=O) groups is 2. The fraction of sp³-hybridized carbons (Fsp3) is 0.500. The summed E-state index contributed by atoms with van der Waals surface area (Å²) in [6.45, 7) is 2.22. The van der Waals surface area contributed by atoms with Crippen LogP contribution >= 0.6 is 11.3 Å². The maximum atomic E-state index is 13.8. The lowest BCUT2D eigenvalue weighted by Crippen LogP contribution is -2.47. The van der Waals surface area contributed by atoms with Gasteiger partial charge < -0.3 is 10.0 Å². The minimum absolute atomic E-state index is 0.0458. The summed E-state index contributed by atoms with van der Waals surface area (Å²) in [4.78, 5) is 28.8. The number of aromatic carboxylic acids is 1. The number of anilines is 1. The molecule has 7 heteroatoms. The third-order valence-corrected chi connectivity index (χ3v) is 9.09. The number of rotatable bonds is 5. The van der Waals surface area contributed by atoms with E-state index in [0.717, 1.165) is 36.1 Å². The highest BCUT2D eigenvalue weighted by molar-refractivity contribution is 7.85. The molecule has 166 valence electrons. The topological polar surface area (TPSA) is 74.7 Å². The van der Waals surface area contributed by atoms with Crippen LogP contribution in [0.5, 0.6) is 0 Å². The normalized spacial score (nSPS) is 26.4. The highest BCUT2D eigenvalue weighted by Crippen LogP contribution is 2.41. The highest BCUT2D eigenvalue weighted by Gasteiger charge is 2.37. The number of thiophene rings is 1. The van der Waals surface area contributed by atoms with Crippen molar-refractivity contribution in [3.8, 4) is 10.4 Å². The summed E-state index contributed by atoms with van der Waals surface area (Å²) in [6.07, 6.45) is 5.07. The number of amides is 1. The van der Waals surface area contributed by atoms with E-state index in [1.165, 1.54) is 11.3 Å². The second-order valence-electron chi connectivity index (χ2n) is 8.74. The number of carbonyl (C=O) groups excluding carboxylic acids is 1. The Bertz CT molecular complexity index is 953. The Kier molecular flexibility index (Phi) is 6.92. The molecule has 1 aromatic heterocycles. The van der Waals surface area contributed by atoms with E-state index in [2.05, 4.69) is 6.92 Å². The first-order valence-electron chi connectivity index (χ1n) is 11.0. The van der Waals surface area contributed by atoms with Gasteiger partial charge in [-0.25, -0.2) is 4.79 Å². The molecule has 0 radical (unpaired) electrons. The van der Waals surface area contributed by atoms with Crippen LogP contribution in [-0.2, 0) is 15.6 Å². The molecule has 0 atom stereocenters. The number of carboxylic acid groups (broad SMARTS) is 1. The van der Waals surface area contributed by atoms with Crippen molar-refractivity contribution in [1.82, 2.24) is 0 Å². The van der Waals surface area contributed by atoms with E-state index in [9.17, 15) is 18.9 Å². The molecule has 0 unspecified atom stereocenters. The van der Waals surface area contributed by atoms with Crippen molar-refractivity contribution in [3.63, 3.8) is 0 Å². The van der Waals surface area contributed by atoms with Crippen LogP contribution in [0, 0.1) is 11.8 Å². The van der Waals surface area contributed by atoms with Crippen molar-refractivity contribution in [2.75, 3.05) is 16.4 Å². The summed E-state index contributed by atoms with van der Waals surface area (Å²) in [7, 11) is -0.847. The van der Waals surface area contributed by atoms with Crippen molar-refractivity contribution in [2.45, 2.75) is 51.5 Å². The van der Waals surface area contributed by atoms with Crippen molar-refractivity contribution >= 4 is 39.7 Å². The maximum Gasteiger partial charge on any atom is 0.348 e. The largest absolute Gasteiger partial charge is 0.477 e. The van der Waals surface area contributed by atoms with Gasteiger partial charge in [-0.05, 0) is 56.1 Å². The number of benzene rings is 1. The molecule has 1 amide bonds. The molecule has 2 heterocycles. The monoisotopic (exact) mass is 459 g/mol. The van der Waals surface area contributed by atoms with Gasteiger partial charge in [0, 0.05) is 39.1 Å². The van der Waals surface area contributed by atoms with E-state index in [-0.39, 0.29) is 22.7 Å². The Labute approximate surface area is 189 Å². The number of nitrogens with zero attached hydrogens (tertiary/aromatic N) is 1. The van der Waals surface area contributed by atoms with Crippen LogP contribution in [0.15, 0.2) is 36.4 Å². The SMILES string of the molecule is CC1CCC(C(=O)N(c2cc(-c3ccccc3)sc2C(=O)O)C2CCS(=O)CC2)CC1. The van der Waals surface area contributed by atoms with Gasteiger partial charge >= 0.3 is 5.97 Å². The lowest BCUT2D eigenvalue weighted by molar-refractivity contribution is -0.124. The zero-order valence-electron chi connectivity index (χ0n) is 17.8. The van der Waals surface area contributed by atoms with Gasteiger partial charge in [0.25, 0.3) is 0 Å². The van der Waals surface area contributed by atoms with Crippen LogP contribution < -0.4 is 4.90 Å². The molecule has 0 spiro atoms. The predicted octanol–water partition coefficient (Wildman–Crippen LogP) is 5.18. The Hall–Kier alpha value is -1.99. The zero-order chi connectivity index (χ0) is 22.0. The summed E-state index contributed by atoms with van der Waals surface area (Å²) in [5.74, 6) is 0.740. The predicted molar refractivity (Wildman–Crippen MR) is 126 cm³/mol. The number of hydrogen-bond donors (Lipinski definition) is 1. The molecule has 2 fully saturated rings. The van der Waals surface area contributed by atoms with Crippen molar-refractivity contribution in [1.29, 1.82) is 0 Å². The molecule has 4 rings (SSSR count). The minimum Gasteiger partial charge on any atom is -0.477 e. The fourth-order valence-corrected chi connectivity index (χ4v) is 6.96. The molecule has 31 heavy (non-hydrogen) atoms. The molecular weight excluding hydrogens is 430 g/mol. The quantitative estimate of drug-likeness (QED) is 0.668. The van der Waals surface area contributed by atoms with E-state index in [0.29, 0.717) is 36.0 Å². The van der Waals surface area contributed by atoms with Gasteiger partial charge in [0.15, 0.2) is 0 Å². The third kappa shape index (κ3) is 4.93. The number of carboxylic acids is 1. The average molecular weight is 460 g/mol. The molecule has 1 saturated carbocycles. The Balaban J connectivity index is 1.73. The summed E-state index contributed by atoms with van der Waals surface area (Å²) >= 11 is 1.22.